The van der Waals surface area contributed by atoms with Crippen LogP contribution in [0.15, 0.2) is 27.8 Å². The normalized spacial score (nSPS) is 10.5. The number of nitrogens with one attached hydrogen (secondary N) is 1. The van der Waals surface area contributed by atoms with Crippen molar-refractivity contribution in [3.05, 3.63) is 39.8 Å². The van der Waals surface area contributed by atoms with Crippen LogP contribution in [0.5, 0.6) is 5.75 Å². The van der Waals surface area contributed by atoms with Crippen molar-refractivity contribution < 1.29 is 18.9 Å². The number of oxazole rings is 1. The van der Waals surface area contributed by atoms with Crippen molar-refractivity contribution in [2.45, 2.75) is 26.0 Å². The van der Waals surface area contributed by atoms with Crippen LogP contribution in [0.25, 0.3) is 0 Å². The highest BCUT2D eigenvalue weighted by molar-refractivity contribution is 7.99. The summed E-state index contributed by atoms with van der Waals surface area (Å²) in [5, 5.41) is 14.1. The second-order valence-corrected chi connectivity index (χ2v) is 5.75. The first kappa shape index (κ1) is 17.8. The van der Waals surface area contributed by atoms with E-state index in [0.29, 0.717) is 23.3 Å². The molecule has 2 aromatic rings. The predicted octanol–water partition coefficient (Wildman–Crippen LogP) is 3.33. The molecule has 8 nitrogen and oxygen atoms in total. The molecule has 0 unspecified atom stereocenters. The molecule has 1 heterocycles. The summed E-state index contributed by atoms with van der Waals surface area (Å²) >= 11 is 1.12. The molecule has 0 radical (unpaired) electrons. The first-order valence-electron chi connectivity index (χ1n) is 7.18. The Hall–Kier alpha value is -2.55. The summed E-state index contributed by atoms with van der Waals surface area (Å²) < 4.78 is 10.6. The molecular weight excluding hydrogens is 334 g/mol. The lowest BCUT2D eigenvalue weighted by atomic mass is 10.2. The van der Waals surface area contributed by atoms with Crippen molar-refractivity contribution in [2.24, 2.45) is 0 Å². The Labute approximate surface area is 142 Å². The highest BCUT2D eigenvalue weighted by atomic mass is 32.2. The van der Waals surface area contributed by atoms with Crippen LogP contribution >= 0.6 is 11.8 Å². The second-order valence-electron chi connectivity index (χ2n) is 4.83. The maximum Gasteiger partial charge on any atom is 0.296 e. The minimum atomic E-state index is -0.563. The summed E-state index contributed by atoms with van der Waals surface area (Å²) in [6, 6.07) is 4.30. The zero-order valence-electron chi connectivity index (χ0n) is 13.5. The molecule has 1 aromatic heterocycles. The predicted molar refractivity (Wildman–Crippen MR) is 89.6 cm³/mol. The largest absolute Gasteiger partial charge is 0.494 e. The van der Waals surface area contributed by atoms with Gasteiger partial charge in [-0.2, -0.15) is 0 Å². The Kier molecular flexibility index (Phi) is 5.80. The molecule has 0 bridgehead atoms. The Bertz CT molecular complexity index is 740. The zero-order valence-corrected chi connectivity index (χ0v) is 14.3. The number of amides is 1. The smallest absolute Gasteiger partial charge is 0.296 e. The fourth-order valence-electron chi connectivity index (χ4n) is 1.84. The van der Waals surface area contributed by atoms with E-state index in [0.717, 1.165) is 17.5 Å². The van der Waals surface area contributed by atoms with E-state index in [1.165, 1.54) is 12.1 Å². The van der Waals surface area contributed by atoms with Crippen molar-refractivity contribution in [2.75, 3.05) is 17.7 Å². The minimum absolute atomic E-state index is 0.0315. The molecule has 0 fully saturated rings. The van der Waals surface area contributed by atoms with Gasteiger partial charge in [0.15, 0.2) is 0 Å². The molecule has 24 heavy (non-hydrogen) atoms. The molecule has 1 aromatic carbocycles. The van der Waals surface area contributed by atoms with E-state index in [1.54, 1.807) is 19.9 Å². The maximum absolute atomic E-state index is 12.0. The molecule has 0 aliphatic rings. The number of aryl methyl sites for hydroxylation is 2. The third-order valence-electron chi connectivity index (χ3n) is 3.09. The van der Waals surface area contributed by atoms with Gasteiger partial charge in [-0.25, -0.2) is 4.98 Å². The van der Waals surface area contributed by atoms with Crippen LogP contribution in [0.4, 0.5) is 11.4 Å². The number of nitrogens with zero attached hydrogens (tertiary/aromatic N) is 2. The van der Waals surface area contributed by atoms with Crippen LogP contribution in [0.3, 0.4) is 0 Å². The van der Waals surface area contributed by atoms with E-state index in [9.17, 15) is 14.9 Å². The van der Waals surface area contributed by atoms with Gasteiger partial charge in [-0.05, 0) is 32.9 Å². The van der Waals surface area contributed by atoms with E-state index in [-0.39, 0.29) is 23.0 Å². The van der Waals surface area contributed by atoms with Gasteiger partial charge in [0, 0.05) is 0 Å². The summed E-state index contributed by atoms with van der Waals surface area (Å²) in [6.45, 7) is 5.78. The molecule has 1 N–H and O–H groups in total. The molecule has 1 amide bonds. The third kappa shape index (κ3) is 4.48. The van der Waals surface area contributed by atoms with Gasteiger partial charge in [-0.15, -0.1) is 0 Å². The quantitative estimate of drug-likeness (QED) is 0.463. The van der Waals surface area contributed by atoms with Gasteiger partial charge < -0.3 is 14.5 Å². The van der Waals surface area contributed by atoms with E-state index in [1.807, 2.05) is 6.92 Å². The van der Waals surface area contributed by atoms with E-state index >= 15 is 0 Å². The first-order valence-corrected chi connectivity index (χ1v) is 8.17. The zero-order chi connectivity index (χ0) is 17.7. The van der Waals surface area contributed by atoms with Crippen molar-refractivity contribution in [1.82, 2.24) is 4.98 Å². The Morgan fingerprint density at radius 2 is 2.21 bits per heavy atom. The topological polar surface area (TPSA) is 108 Å². The van der Waals surface area contributed by atoms with Gasteiger partial charge in [0.05, 0.1) is 29.0 Å². The van der Waals surface area contributed by atoms with Crippen LogP contribution in [0.1, 0.15) is 18.4 Å². The Morgan fingerprint density at radius 1 is 1.46 bits per heavy atom. The molecule has 0 saturated heterocycles. The van der Waals surface area contributed by atoms with Crippen molar-refractivity contribution in [3.8, 4) is 5.75 Å². The van der Waals surface area contributed by atoms with Crippen LogP contribution < -0.4 is 10.1 Å². The summed E-state index contributed by atoms with van der Waals surface area (Å²) in [5.74, 6) is 0.715. The lowest BCUT2D eigenvalue weighted by Crippen LogP contribution is -2.15. The molecule has 0 aliphatic carbocycles. The second kappa shape index (κ2) is 7.82. The SMILES string of the molecule is CCOc1ccc(NC(=O)CSc2nc(C)c(C)o2)c([N+](=O)[O-])c1. The van der Waals surface area contributed by atoms with Gasteiger partial charge in [-0.3, -0.25) is 14.9 Å². The van der Waals surface area contributed by atoms with Crippen molar-refractivity contribution in [3.63, 3.8) is 0 Å². The van der Waals surface area contributed by atoms with Crippen LogP contribution in [0.2, 0.25) is 0 Å². The molecule has 2 rings (SSSR count). The van der Waals surface area contributed by atoms with Crippen LogP contribution in [-0.4, -0.2) is 28.2 Å². The fraction of sp³-hybridized carbons (Fsp3) is 0.333. The number of benzene rings is 1. The van der Waals surface area contributed by atoms with Gasteiger partial charge in [-0.1, -0.05) is 11.8 Å². The number of ether oxygens (including phenoxy) is 1. The van der Waals surface area contributed by atoms with Gasteiger partial charge >= 0.3 is 0 Å². The summed E-state index contributed by atoms with van der Waals surface area (Å²) in [7, 11) is 0. The summed E-state index contributed by atoms with van der Waals surface area (Å²) in [4.78, 5) is 26.8. The lowest BCUT2D eigenvalue weighted by molar-refractivity contribution is -0.384. The number of hydrogen-bond donors (Lipinski definition) is 1. The van der Waals surface area contributed by atoms with Gasteiger partial charge in [0.2, 0.25) is 5.91 Å². The number of nitro benzene ring substituents is 1. The van der Waals surface area contributed by atoms with E-state index in [2.05, 4.69) is 10.3 Å². The number of carbonyl (C=O) groups excluding carboxylic acids is 1. The lowest BCUT2D eigenvalue weighted by Gasteiger charge is -2.07. The Balaban J connectivity index is 2.03. The number of rotatable bonds is 7. The summed E-state index contributed by atoms with van der Waals surface area (Å²) in [6.07, 6.45) is 0. The molecule has 0 atom stereocenters. The van der Waals surface area contributed by atoms with Crippen molar-refractivity contribution >= 4 is 29.0 Å². The van der Waals surface area contributed by atoms with Crippen LogP contribution in [-0.2, 0) is 4.79 Å². The number of aromatic nitrogens is 1. The molecule has 0 spiro atoms. The molecule has 0 saturated carbocycles. The number of thioether (sulfide) groups is 1. The third-order valence-corrected chi connectivity index (χ3v) is 3.91. The average molecular weight is 351 g/mol. The standard InChI is InChI=1S/C15H17N3O5S/c1-4-22-11-5-6-12(13(7-11)18(20)21)17-14(19)8-24-15-16-9(2)10(3)23-15/h5-7H,4,8H2,1-3H3,(H,17,19). The average Bonchev–Trinajstić information content (AvgIpc) is 2.85. The Morgan fingerprint density at radius 3 is 2.79 bits per heavy atom. The number of anilines is 1. The van der Waals surface area contributed by atoms with Gasteiger partial charge in [0.25, 0.3) is 10.9 Å². The molecule has 128 valence electrons. The fourth-order valence-corrected chi connectivity index (χ4v) is 2.56. The van der Waals surface area contributed by atoms with Gasteiger partial charge in [0.1, 0.15) is 17.2 Å². The summed E-state index contributed by atoms with van der Waals surface area (Å²) in [5.41, 5.74) is 0.663. The number of hydrogen-bond acceptors (Lipinski definition) is 7. The molecular formula is C15H17N3O5S. The minimum Gasteiger partial charge on any atom is -0.494 e. The highest BCUT2D eigenvalue weighted by Crippen LogP contribution is 2.29. The monoisotopic (exact) mass is 351 g/mol. The number of nitro groups is 1. The van der Waals surface area contributed by atoms with Crippen LogP contribution in [0, 0.1) is 24.0 Å². The maximum atomic E-state index is 12.0. The first-order chi connectivity index (χ1) is 11.4. The molecule has 9 heteroatoms. The molecule has 0 aliphatic heterocycles. The number of carbonyl (C=O) groups is 1. The highest BCUT2D eigenvalue weighted by Gasteiger charge is 2.18. The van der Waals surface area contributed by atoms with Crippen molar-refractivity contribution in [1.29, 1.82) is 0 Å². The van der Waals surface area contributed by atoms with E-state index < -0.39 is 4.92 Å². The van der Waals surface area contributed by atoms with E-state index in [4.69, 9.17) is 9.15 Å².